The van der Waals surface area contributed by atoms with Crippen LogP contribution < -0.4 is 4.90 Å². The molecule has 0 aromatic heterocycles. The van der Waals surface area contributed by atoms with E-state index in [1.54, 1.807) is 0 Å². The van der Waals surface area contributed by atoms with Gasteiger partial charge in [0.05, 0.1) is 6.61 Å². The highest BCUT2D eigenvalue weighted by Crippen LogP contribution is 2.26. The molecule has 0 spiro atoms. The van der Waals surface area contributed by atoms with Gasteiger partial charge < -0.3 is 14.7 Å². The Hall–Kier alpha value is -1.99. The molecule has 1 saturated carbocycles. The number of rotatable bonds is 5. The lowest BCUT2D eigenvalue weighted by atomic mass is 9.94. The second kappa shape index (κ2) is 9.22. The second-order valence-corrected chi connectivity index (χ2v) is 5.91. The van der Waals surface area contributed by atoms with Crippen molar-refractivity contribution in [1.82, 2.24) is 0 Å². The average Bonchev–Trinajstić information content (AvgIpc) is 2.61. The molecule has 0 aliphatic heterocycles. The molecule has 0 atom stereocenters. The van der Waals surface area contributed by atoms with Gasteiger partial charge in [-0.25, -0.2) is 4.79 Å². The number of esters is 1. The van der Waals surface area contributed by atoms with Crippen LogP contribution in [0.4, 0.5) is 5.69 Å². The van der Waals surface area contributed by atoms with Crippen LogP contribution in [-0.2, 0) is 9.53 Å². The fourth-order valence-electron chi connectivity index (χ4n) is 2.85. The van der Waals surface area contributed by atoms with Crippen LogP contribution in [0.1, 0.15) is 44.1 Å². The third-order valence-corrected chi connectivity index (χ3v) is 4.24. The zero-order valence-electron chi connectivity index (χ0n) is 13.8. The molecule has 124 valence electrons. The molecule has 1 fully saturated rings. The predicted molar refractivity (Wildman–Crippen MR) is 91.3 cm³/mol. The van der Waals surface area contributed by atoms with Gasteiger partial charge in [-0.3, -0.25) is 0 Å². The zero-order valence-corrected chi connectivity index (χ0v) is 13.8. The maximum absolute atomic E-state index is 11.4. The molecule has 0 bridgehead atoms. The summed E-state index contributed by atoms with van der Waals surface area (Å²) in [6, 6.07) is 8.60. The summed E-state index contributed by atoms with van der Waals surface area (Å²) < 4.78 is 4.86. The van der Waals surface area contributed by atoms with Crippen molar-refractivity contribution in [2.75, 3.05) is 25.2 Å². The number of carbonyl (C=O) groups excluding carboxylic acids is 1. The van der Waals surface area contributed by atoms with Gasteiger partial charge in [0.2, 0.25) is 0 Å². The SMILES string of the molecule is CN(c1ccc(C#CC(=O)OCCCO)cc1)C1CCCCC1. The number of hydrogen-bond donors (Lipinski definition) is 1. The third kappa shape index (κ3) is 5.61. The Morgan fingerprint density at radius 2 is 1.96 bits per heavy atom. The van der Waals surface area contributed by atoms with Crippen molar-refractivity contribution in [3.8, 4) is 11.8 Å². The number of hydrogen-bond acceptors (Lipinski definition) is 4. The third-order valence-electron chi connectivity index (χ3n) is 4.24. The van der Waals surface area contributed by atoms with Gasteiger partial charge in [-0.05, 0) is 37.1 Å². The van der Waals surface area contributed by atoms with Gasteiger partial charge in [-0.15, -0.1) is 0 Å². The molecule has 0 heterocycles. The summed E-state index contributed by atoms with van der Waals surface area (Å²) in [7, 11) is 2.15. The van der Waals surface area contributed by atoms with Crippen molar-refractivity contribution in [3.63, 3.8) is 0 Å². The normalized spacial score (nSPS) is 14.7. The summed E-state index contributed by atoms with van der Waals surface area (Å²) >= 11 is 0. The zero-order chi connectivity index (χ0) is 16.5. The molecule has 1 aromatic rings. The monoisotopic (exact) mass is 315 g/mol. The Bertz CT molecular complexity index is 550. The molecule has 4 heteroatoms. The summed E-state index contributed by atoms with van der Waals surface area (Å²) in [5, 5.41) is 8.62. The molecule has 0 amide bonds. The molecule has 1 aromatic carbocycles. The highest BCUT2D eigenvalue weighted by Gasteiger charge is 2.17. The Labute approximate surface area is 138 Å². The summed E-state index contributed by atoms with van der Waals surface area (Å²) in [4.78, 5) is 13.7. The van der Waals surface area contributed by atoms with Crippen LogP contribution in [0.3, 0.4) is 0 Å². The lowest BCUT2D eigenvalue weighted by Gasteiger charge is -2.33. The molecule has 0 radical (unpaired) electrons. The molecule has 1 aliphatic carbocycles. The van der Waals surface area contributed by atoms with Crippen LogP contribution in [0.15, 0.2) is 24.3 Å². The fraction of sp³-hybridized carbons (Fsp3) is 0.526. The highest BCUT2D eigenvalue weighted by molar-refractivity contribution is 5.89. The molecule has 1 aliphatic rings. The molecule has 2 rings (SSSR count). The van der Waals surface area contributed by atoms with Gasteiger partial charge in [0.15, 0.2) is 0 Å². The maximum atomic E-state index is 11.4. The maximum Gasteiger partial charge on any atom is 0.384 e. The Morgan fingerprint density at radius 3 is 2.61 bits per heavy atom. The largest absolute Gasteiger partial charge is 0.456 e. The van der Waals surface area contributed by atoms with Crippen LogP contribution in [0.25, 0.3) is 0 Å². The molecular weight excluding hydrogens is 290 g/mol. The number of aliphatic hydroxyl groups is 1. The first-order valence-electron chi connectivity index (χ1n) is 8.33. The van der Waals surface area contributed by atoms with Crippen LogP contribution in [0.5, 0.6) is 0 Å². The number of aliphatic hydroxyl groups excluding tert-OH is 1. The van der Waals surface area contributed by atoms with Crippen molar-refractivity contribution >= 4 is 11.7 Å². The predicted octanol–water partition coefficient (Wildman–Crippen LogP) is 2.73. The molecular formula is C19H25NO3. The number of ether oxygens (including phenoxy) is 1. The fourth-order valence-corrected chi connectivity index (χ4v) is 2.85. The minimum atomic E-state index is -0.554. The summed E-state index contributed by atoms with van der Waals surface area (Å²) in [6.07, 6.45) is 6.95. The first-order chi connectivity index (χ1) is 11.2. The quantitative estimate of drug-likeness (QED) is 0.516. The number of anilines is 1. The molecule has 1 N–H and O–H groups in total. The van der Waals surface area contributed by atoms with E-state index in [9.17, 15) is 4.79 Å². The number of carbonyl (C=O) groups is 1. The van der Waals surface area contributed by atoms with E-state index in [0.717, 1.165) is 5.56 Å². The van der Waals surface area contributed by atoms with E-state index < -0.39 is 5.97 Å². The molecule has 4 nitrogen and oxygen atoms in total. The van der Waals surface area contributed by atoms with Gasteiger partial charge in [-0.2, -0.15) is 0 Å². The Kier molecular flexibility index (Phi) is 6.96. The van der Waals surface area contributed by atoms with E-state index >= 15 is 0 Å². The van der Waals surface area contributed by atoms with Crippen LogP contribution >= 0.6 is 0 Å². The van der Waals surface area contributed by atoms with Crippen molar-refractivity contribution < 1.29 is 14.6 Å². The minimum Gasteiger partial charge on any atom is -0.456 e. The number of nitrogens with zero attached hydrogens (tertiary/aromatic N) is 1. The first-order valence-corrected chi connectivity index (χ1v) is 8.33. The highest BCUT2D eigenvalue weighted by atomic mass is 16.5. The smallest absolute Gasteiger partial charge is 0.384 e. The Balaban J connectivity index is 1.90. The van der Waals surface area contributed by atoms with E-state index in [1.165, 1.54) is 37.8 Å². The van der Waals surface area contributed by atoms with Crippen molar-refractivity contribution in [3.05, 3.63) is 29.8 Å². The summed E-state index contributed by atoms with van der Waals surface area (Å²) in [6.45, 7) is 0.214. The van der Waals surface area contributed by atoms with E-state index in [-0.39, 0.29) is 13.2 Å². The standard InChI is InChI=1S/C19H25NO3/c1-20(17-6-3-2-4-7-17)18-11-8-16(9-12-18)10-13-19(22)23-15-5-14-21/h8-9,11-12,17,21H,2-7,14-15H2,1H3. The molecule has 0 saturated heterocycles. The number of benzene rings is 1. The van der Waals surface area contributed by atoms with Crippen molar-refractivity contribution in [2.24, 2.45) is 0 Å². The van der Waals surface area contributed by atoms with Crippen LogP contribution in [0.2, 0.25) is 0 Å². The molecule has 23 heavy (non-hydrogen) atoms. The summed E-state index contributed by atoms with van der Waals surface area (Å²) in [5.41, 5.74) is 1.98. The van der Waals surface area contributed by atoms with E-state index in [2.05, 4.69) is 35.9 Å². The van der Waals surface area contributed by atoms with Crippen molar-refractivity contribution in [1.29, 1.82) is 0 Å². The average molecular weight is 315 g/mol. The minimum absolute atomic E-state index is 0.0106. The van der Waals surface area contributed by atoms with Gasteiger partial charge >= 0.3 is 5.97 Å². The summed E-state index contributed by atoms with van der Waals surface area (Å²) in [5.74, 6) is 4.72. The van der Waals surface area contributed by atoms with Crippen LogP contribution in [-0.4, -0.2) is 37.4 Å². The lowest BCUT2D eigenvalue weighted by Crippen LogP contribution is -2.33. The van der Waals surface area contributed by atoms with E-state index in [1.807, 2.05) is 12.1 Å². The first kappa shape index (κ1) is 17.4. The second-order valence-electron chi connectivity index (χ2n) is 5.91. The topological polar surface area (TPSA) is 49.8 Å². The van der Waals surface area contributed by atoms with Gasteiger partial charge in [0, 0.05) is 43.3 Å². The lowest BCUT2D eigenvalue weighted by molar-refractivity contribution is -0.136. The van der Waals surface area contributed by atoms with Crippen LogP contribution in [0, 0.1) is 11.8 Å². The van der Waals surface area contributed by atoms with E-state index in [0.29, 0.717) is 12.5 Å². The molecule has 0 unspecified atom stereocenters. The van der Waals surface area contributed by atoms with Gasteiger partial charge in [-0.1, -0.05) is 25.2 Å². The van der Waals surface area contributed by atoms with Gasteiger partial charge in [0.1, 0.15) is 0 Å². The van der Waals surface area contributed by atoms with E-state index in [4.69, 9.17) is 9.84 Å². The van der Waals surface area contributed by atoms with Crippen molar-refractivity contribution in [2.45, 2.75) is 44.6 Å². The Morgan fingerprint density at radius 1 is 1.26 bits per heavy atom. The van der Waals surface area contributed by atoms with Gasteiger partial charge in [0.25, 0.3) is 0 Å².